The first kappa shape index (κ1) is 8.97. The monoisotopic (exact) mass is 278 g/mol. The molecule has 0 saturated heterocycles. The fraction of sp³-hybridized carbons (Fsp3) is 0.286. The van der Waals surface area contributed by atoms with E-state index in [2.05, 4.69) is 38.8 Å². The lowest BCUT2D eigenvalue weighted by atomic mass is 10.6. The van der Waals surface area contributed by atoms with Crippen LogP contribution in [0.1, 0.15) is 5.01 Å². The molecule has 0 amide bonds. The molecule has 4 heteroatoms. The van der Waals surface area contributed by atoms with E-state index in [0.29, 0.717) is 6.54 Å². The second kappa shape index (κ2) is 4.70. The quantitative estimate of drug-likeness (QED) is 0.514. The Labute approximate surface area is 83.6 Å². The molecule has 0 unspecified atom stereocenters. The van der Waals surface area contributed by atoms with Crippen LogP contribution in [0.3, 0.4) is 0 Å². The Kier molecular flexibility index (Phi) is 3.83. The molecule has 1 aromatic heterocycles. The summed E-state index contributed by atoms with van der Waals surface area (Å²) in [4.78, 5) is 4.17. The molecule has 0 aliphatic rings. The number of hydrogen-bond acceptors (Lipinski definition) is 3. The fourth-order valence-electron chi connectivity index (χ4n) is 0.611. The molecule has 0 aromatic carbocycles. The lowest BCUT2D eigenvalue weighted by Crippen LogP contribution is -2.12. The van der Waals surface area contributed by atoms with Gasteiger partial charge in [0.1, 0.15) is 5.01 Å². The zero-order valence-electron chi connectivity index (χ0n) is 5.80. The van der Waals surface area contributed by atoms with Crippen LogP contribution in [-0.4, -0.2) is 11.5 Å². The van der Waals surface area contributed by atoms with Gasteiger partial charge in [0.2, 0.25) is 0 Å². The van der Waals surface area contributed by atoms with Crippen LogP contribution in [0, 0.1) is 15.2 Å². The van der Waals surface area contributed by atoms with Crippen LogP contribution < -0.4 is 5.32 Å². The molecule has 0 aliphatic carbocycles. The molecular weight excluding hydrogens is 271 g/mol. The minimum Gasteiger partial charge on any atom is -0.300 e. The Morgan fingerprint density at radius 3 is 3.18 bits per heavy atom. The summed E-state index contributed by atoms with van der Waals surface area (Å²) >= 11 is 3.93. The SMILES string of the molecule is C#CCNCc1ncc(I)s1. The molecule has 0 aliphatic heterocycles. The minimum absolute atomic E-state index is 0.607. The highest BCUT2D eigenvalue weighted by Crippen LogP contribution is 2.14. The van der Waals surface area contributed by atoms with Gasteiger partial charge in [0.05, 0.1) is 15.6 Å². The van der Waals surface area contributed by atoms with Gasteiger partial charge in [0.15, 0.2) is 0 Å². The van der Waals surface area contributed by atoms with Crippen molar-refractivity contribution in [1.82, 2.24) is 10.3 Å². The zero-order chi connectivity index (χ0) is 8.10. The molecular formula is C7H7IN2S. The van der Waals surface area contributed by atoms with Crippen molar-refractivity contribution in [2.75, 3.05) is 6.54 Å². The van der Waals surface area contributed by atoms with E-state index in [0.717, 1.165) is 11.6 Å². The van der Waals surface area contributed by atoms with Crippen molar-refractivity contribution in [1.29, 1.82) is 0 Å². The van der Waals surface area contributed by atoms with Gasteiger partial charge in [-0.25, -0.2) is 4.98 Å². The third kappa shape index (κ3) is 3.18. The molecule has 58 valence electrons. The van der Waals surface area contributed by atoms with E-state index in [-0.39, 0.29) is 0 Å². The Morgan fingerprint density at radius 2 is 2.64 bits per heavy atom. The first-order chi connectivity index (χ1) is 5.33. The van der Waals surface area contributed by atoms with Gasteiger partial charge in [0, 0.05) is 6.54 Å². The van der Waals surface area contributed by atoms with Gasteiger partial charge in [-0.1, -0.05) is 5.92 Å². The van der Waals surface area contributed by atoms with Gasteiger partial charge in [0.25, 0.3) is 0 Å². The number of aromatic nitrogens is 1. The highest BCUT2D eigenvalue weighted by molar-refractivity contribution is 14.1. The summed E-state index contributed by atoms with van der Waals surface area (Å²) in [5, 5.41) is 4.16. The number of thiazole rings is 1. The number of rotatable bonds is 3. The maximum atomic E-state index is 5.07. The highest BCUT2D eigenvalue weighted by atomic mass is 127. The van der Waals surface area contributed by atoms with E-state index in [1.807, 2.05) is 6.20 Å². The average Bonchev–Trinajstić information content (AvgIpc) is 2.37. The summed E-state index contributed by atoms with van der Waals surface area (Å²) < 4.78 is 1.21. The summed E-state index contributed by atoms with van der Waals surface area (Å²) in [5.74, 6) is 2.51. The van der Waals surface area contributed by atoms with Crippen molar-refractivity contribution in [3.63, 3.8) is 0 Å². The largest absolute Gasteiger partial charge is 0.300 e. The van der Waals surface area contributed by atoms with E-state index in [4.69, 9.17) is 6.42 Å². The van der Waals surface area contributed by atoms with Gasteiger partial charge in [-0.05, 0) is 22.6 Å². The molecule has 0 fully saturated rings. The van der Waals surface area contributed by atoms with Crippen LogP contribution in [0.15, 0.2) is 6.20 Å². The van der Waals surface area contributed by atoms with E-state index < -0.39 is 0 Å². The molecule has 0 radical (unpaired) electrons. The van der Waals surface area contributed by atoms with Crippen molar-refractivity contribution in [3.8, 4) is 12.3 Å². The molecule has 0 spiro atoms. The van der Waals surface area contributed by atoms with Crippen LogP contribution in [0.4, 0.5) is 0 Å². The lowest BCUT2D eigenvalue weighted by molar-refractivity contribution is 0.764. The first-order valence-corrected chi connectivity index (χ1v) is 4.97. The summed E-state index contributed by atoms with van der Waals surface area (Å²) in [5.41, 5.74) is 0. The molecule has 2 nitrogen and oxygen atoms in total. The van der Waals surface area contributed by atoms with Crippen LogP contribution in [0.5, 0.6) is 0 Å². The molecule has 11 heavy (non-hydrogen) atoms. The zero-order valence-corrected chi connectivity index (χ0v) is 8.78. The number of hydrogen-bond donors (Lipinski definition) is 1. The van der Waals surface area contributed by atoms with Crippen LogP contribution >= 0.6 is 33.9 Å². The third-order valence-corrected chi connectivity index (χ3v) is 2.75. The number of halogens is 1. The number of terminal acetylenes is 1. The van der Waals surface area contributed by atoms with Gasteiger partial charge < -0.3 is 0 Å². The average molecular weight is 278 g/mol. The number of nitrogens with zero attached hydrogens (tertiary/aromatic N) is 1. The normalized spacial score (nSPS) is 9.45. The molecule has 1 aromatic rings. The fourth-order valence-corrected chi connectivity index (χ4v) is 2.12. The van der Waals surface area contributed by atoms with E-state index in [1.165, 1.54) is 2.88 Å². The first-order valence-electron chi connectivity index (χ1n) is 3.07. The second-order valence-electron chi connectivity index (χ2n) is 1.87. The topological polar surface area (TPSA) is 24.9 Å². The van der Waals surface area contributed by atoms with Crippen LogP contribution in [0.25, 0.3) is 0 Å². The van der Waals surface area contributed by atoms with E-state index in [1.54, 1.807) is 11.3 Å². The molecule has 1 rings (SSSR count). The van der Waals surface area contributed by atoms with Crippen molar-refractivity contribution < 1.29 is 0 Å². The predicted octanol–water partition coefficient (Wildman–Crippen LogP) is 1.47. The Balaban J connectivity index is 2.34. The summed E-state index contributed by atoms with van der Waals surface area (Å²) in [6.45, 7) is 1.38. The Hall–Kier alpha value is -0.120. The third-order valence-electron chi connectivity index (χ3n) is 1.03. The lowest BCUT2D eigenvalue weighted by Gasteiger charge is -1.93. The van der Waals surface area contributed by atoms with Gasteiger partial charge in [-0.2, -0.15) is 0 Å². The van der Waals surface area contributed by atoms with Gasteiger partial charge in [-0.3, -0.25) is 5.32 Å². The summed E-state index contributed by atoms with van der Waals surface area (Å²) in [7, 11) is 0. The molecule has 0 atom stereocenters. The van der Waals surface area contributed by atoms with Crippen molar-refractivity contribution in [2.45, 2.75) is 6.54 Å². The Morgan fingerprint density at radius 1 is 1.82 bits per heavy atom. The number of nitrogens with one attached hydrogen (secondary N) is 1. The molecule has 1 N–H and O–H groups in total. The standard InChI is InChI=1S/C7H7IN2S/c1-2-3-9-5-7-10-4-6(8)11-7/h1,4,9H,3,5H2. The van der Waals surface area contributed by atoms with E-state index in [9.17, 15) is 0 Å². The maximum Gasteiger partial charge on any atom is 0.107 e. The van der Waals surface area contributed by atoms with Crippen molar-refractivity contribution in [3.05, 3.63) is 14.1 Å². The smallest absolute Gasteiger partial charge is 0.107 e. The van der Waals surface area contributed by atoms with Crippen molar-refractivity contribution in [2.24, 2.45) is 0 Å². The van der Waals surface area contributed by atoms with E-state index >= 15 is 0 Å². The summed E-state index contributed by atoms with van der Waals surface area (Å²) in [6, 6.07) is 0. The molecule has 0 saturated carbocycles. The maximum absolute atomic E-state index is 5.07. The minimum atomic E-state index is 0.607. The van der Waals surface area contributed by atoms with Gasteiger partial charge in [-0.15, -0.1) is 17.8 Å². The highest BCUT2D eigenvalue weighted by Gasteiger charge is 1.96. The predicted molar refractivity (Wildman–Crippen MR) is 55.4 cm³/mol. The van der Waals surface area contributed by atoms with Crippen molar-refractivity contribution >= 4 is 33.9 Å². The summed E-state index contributed by atoms with van der Waals surface area (Å²) in [6.07, 6.45) is 6.93. The van der Waals surface area contributed by atoms with Gasteiger partial charge >= 0.3 is 0 Å². The van der Waals surface area contributed by atoms with Crippen LogP contribution in [0.2, 0.25) is 0 Å². The molecule has 0 bridgehead atoms. The Bertz CT molecular complexity index is 264. The van der Waals surface area contributed by atoms with Crippen LogP contribution in [-0.2, 0) is 6.54 Å². The molecule has 1 heterocycles. The second-order valence-corrected chi connectivity index (χ2v) is 4.88.